The van der Waals surface area contributed by atoms with Gasteiger partial charge in [-0.15, -0.1) is 0 Å². The number of carbonyl (C=O) groups is 1. The third-order valence-electron chi connectivity index (χ3n) is 3.14. The van der Waals surface area contributed by atoms with E-state index in [1.807, 2.05) is 18.2 Å². The number of amides is 1. The minimum Gasteiger partial charge on any atom is -0.391 e. The van der Waals surface area contributed by atoms with Crippen LogP contribution in [0.25, 0.3) is 0 Å². The zero-order valence-corrected chi connectivity index (χ0v) is 10.6. The summed E-state index contributed by atoms with van der Waals surface area (Å²) in [6.45, 7) is 0.823. The highest BCUT2D eigenvalue weighted by atomic mass is 16.5. The second kappa shape index (κ2) is 5.98. The lowest BCUT2D eigenvalue weighted by Gasteiger charge is -2.11. The van der Waals surface area contributed by atoms with E-state index in [4.69, 9.17) is 4.74 Å². The molecule has 1 aromatic carbocycles. The lowest BCUT2D eigenvalue weighted by atomic mass is 10.1. The molecule has 0 radical (unpaired) electrons. The number of benzene rings is 1. The van der Waals surface area contributed by atoms with Crippen molar-refractivity contribution in [2.75, 3.05) is 13.7 Å². The molecule has 2 rings (SSSR count). The molecule has 0 heterocycles. The molecule has 4 heteroatoms. The molecule has 1 unspecified atom stereocenters. The fraction of sp³-hybridized carbons (Fsp3) is 0.500. The van der Waals surface area contributed by atoms with E-state index in [9.17, 15) is 9.90 Å². The van der Waals surface area contributed by atoms with Gasteiger partial charge in [0.1, 0.15) is 0 Å². The Labute approximate surface area is 107 Å². The molecular weight excluding hydrogens is 230 g/mol. The van der Waals surface area contributed by atoms with Crippen LogP contribution in [0.15, 0.2) is 24.3 Å². The normalized spacial score (nSPS) is 16.3. The SMILES string of the molecule is COCc1cccc(C(=O)NCC(O)C2CC2)c1. The molecule has 1 aliphatic rings. The van der Waals surface area contributed by atoms with Crippen LogP contribution in [0.1, 0.15) is 28.8 Å². The Morgan fingerprint density at radius 1 is 1.56 bits per heavy atom. The zero-order valence-electron chi connectivity index (χ0n) is 10.6. The Balaban J connectivity index is 1.88. The number of carbonyl (C=O) groups excluding carboxylic acids is 1. The van der Waals surface area contributed by atoms with Crippen molar-refractivity contribution in [3.8, 4) is 0 Å². The van der Waals surface area contributed by atoms with Crippen molar-refractivity contribution < 1.29 is 14.6 Å². The summed E-state index contributed by atoms with van der Waals surface area (Å²) in [5, 5.41) is 12.4. The van der Waals surface area contributed by atoms with E-state index in [1.54, 1.807) is 13.2 Å². The Morgan fingerprint density at radius 3 is 3.00 bits per heavy atom. The Bertz CT molecular complexity index is 415. The molecule has 1 saturated carbocycles. The van der Waals surface area contributed by atoms with Gasteiger partial charge in [0.25, 0.3) is 5.91 Å². The van der Waals surface area contributed by atoms with Crippen LogP contribution < -0.4 is 5.32 Å². The zero-order chi connectivity index (χ0) is 13.0. The molecule has 0 bridgehead atoms. The molecule has 18 heavy (non-hydrogen) atoms. The fourth-order valence-corrected chi connectivity index (χ4v) is 1.92. The van der Waals surface area contributed by atoms with Gasteiger partial charge in [0.2, 0.25) is 0 Å². The largest absolute Gasteiger partial charge is 0.391 e. The highest BCUT2D eigenvalue weighted by molar-refractivity contribution is 5.94. The first-order chi connectivity index (χ1) is 8.70. The van der Waals surface area contributed by atoms with Gasteiger partial charge in [0.15, 0.2) is 0 Å². The van der Waals surface area contributed by atoms with Crippen LogP contribution in [0.2, 0.25) is 0 Å². The lowest BCUT2D eigenvalue weighted by molar-refractivity contribution is 0.0901. The molecule has 0 saturated heterocycles. The maximum absolute atomic E-state index is 11.9. The number of aliphatic hydroxyl groups is 1. The second-order valence-corrected chi connectivity index (χ2v) is 4.75. The van der Waals surface area contributed by atoms with Gasteiger partial charge in [-0.3, -0.25) is 4.79 Å². The predicted octanol–water partition coefficient (Wildman–Crippen LogP) is 1.33. The summed E-state index contributed by atoms with van der Waals surface area (Å²) in [7, 11) is 1.62. The third-order valence-corrected chi connectivity index (χ3v) is 3.14. The van der Waals surface area contributed by atoms with Gasteiger partial charge in [0, 0.05) is 19.2 Å². The summed E-state index contributed by atoms with van der Waals surface area (Å²) >= 11 is 0. The molecular formula is C14H19NO3. The number of methoxy groups -OCH3 is 1. The molecule has 1 aliphatic carbocycles. The quantitative estimate of drug-likeness (QED) is 0.799. The Morgan fingerprint density at radius 2 is 2.33 bits per heavy atom. The first kappa shape index (κ1) is 13.1. The van der Waals surface area contributed by atoms with Gasteiger partial charge in [-0.25, -0.2) is 0 Å². The van der Waals surface area contributed by atoms with Crippen molar-refractivity contribution in [3.05, 3.63) is 35.4 Å². The van der Waals surface area contributed by atoms with Gasteiger partial charge in [-0.1, -0.05) is 12.1 Å². The van der Waals surface area contributed by atoms with E-state index in [2.05, 4.69) is 5.32 Å². The number of hydrogen-bond donors (Lipinski definition) is 2. The average molecular weight is 249 g/mol. The standard InChI is InChI=1S/C14H19NO3/c1-18-9-10-3-2-4-12(7-10)14(17)15-8-13(16)11-5-6-11/h2-4,7,11,13,16H,5-6,8-9H2,1H3,(H,15,17). The van der Waals surface area contributed by atoms with Gasteiger partial charge >= 0.3 is 0 Å². The van der Waals surface area contributed by atoms with E-state index in [1.165, 1.54) is 0 Å². The lowest BCUT2D eigenvalue weighted by Crippen LogP contribution is -2.33. The van der Waals surface area contributed by atoms with Crippen molar-refractivity contribution in [3.63, 3.8) is 0 Å². The van der Waals surface area contributed by atoms with Crippen LogP contribution in [0.4, 0.5) is 0 Å². The first-order valence-corrected chi connectivity index (χ1v) is 6.25. The van der Waals surface area contributed by atoms with E-state index >= 15 is 0 Å². The number of ether oxygens (including phenoxy) is 1. The van der Waals surface area contributed by atoms with E-state index in [-0.39, 0.29) is 5.91 Å². The predicted molar refractivity (Wildman–Crippen MR) is 68.2 cm³/mol. The summed E-state index contributed by atoms with van der Waals surface area (Å²) in [5.74, 6) is 0.234. The van der Waals surface area contributed by atoms with Gasteiger partial charge in [0.05, 0.1) is 12.7 Å². The second-order valence-electron chi connectivity index (χ2n) is 4.75. The summed E-state index contributed by atoms with van der Waals surface area (Å²) in [4.78, 5) is 11.9. The molecule has 0 spiro atoms. The van der Waals surface area contributed by atoms with Crippen molar-refractivity contribution >= 4 is 5.91 Å². The molecule has 2 N–H and O–H groups in total. The third kappa shape index (κ3) is 3.55. The van der Waals surface area contributed by atoms with Crippen molar-refractivity contribution in [2.24, 2.45) is 5.92 Å². The maximum atomic E-state index is 11.9. The van der Waals surface area contributed by atoms with Crippen molar-refractivity contribution in [1.82, 2.24) is 5.32 Å². The molecule has 0 aliphatic heterocycles. The topological polar surface area (TPSA) is 58.6 Å². The van der Waals surface area contributed by atoms with Crippen LogP contribution in [-0.4, -0.2) is 30.8 Å². The number of aliphatic hydroxyl groups excluding tert-OH is 1. The smallest absolute Gasteiger partial charge is 0.251 e. The van der Waals surface area contributed by atoms with E-state index in [0.717, 1.165) is 18.4 Å². The number of nitrogens with one attached hydrogen (secondary N) is 1. The Hall–Kier alpha value is -1.39. The van der Waals surface area contributed by atoms with Crippen LogP contribution in [-0.2, 0) is 11.3 Å². The molecule has 1 aromatic rings. The number of hydrogen-bond acceptors (Lipinski definition) is 3. The van der Waals surface area contributed by atoms with Gasteiger partial charge in [-0.05, 0) is 36.5 Å². The highest BCUT2D eigenvalue weighted by Gasteiger charge is 2.29. The summed E-state index contributed by atoms with van der Waals surface area (Å²) < 4.78 is 5.03. The number of rotatable bonds is 6. The maximum Gasteiger partial charge on any atom is 0.251 e. The molecule has 4 nitrogen and oxygen atoms in total. The molecule has 98 valence electrons. The monoisotopic (exact) mass is 249 g/mol. The average Bonchev–Trinajstić information content (AvgIpc) is 3.20. The molecule has 0 aromatic heterocycles. The molecule has 1 amide bonds. The summed E-state index contributed by atoms with van der Waals surface area (Å²) in [5.41, 5.74) is 1.57. The summed E-state index contributed by atoms with van der Waals surface area (Å²) in [6, 6.07) is 7.32. The van der Waals surface area contributed by atoms with Crippen molar-refractivity contribution in [1.29, 1.82) is 0 Å². The summed E-state index contributed by atoms with van der Waals surface area (Å²) in [6.07, 6.45) is 1.73. The van der Waals surface area contributed by atoms with E-state index < -0.39 is 6.10 Å². The molecule has 1 fully saturated rings. The molecule has 1 atom stereocenters. The first-order valence-electron chi connectivity index (χ1n) is 6.25. The Kier molecular flexibility index (Phi) is 4.33. The van der Waals surface area contributed by atoms with E-state index in [0.29, 0.717) is 24.6 Å². The van der Waals surface area contributed by atoms with Crippen LogP contribution in [0.5, 0.6) is 0 Å². The fourth-order valence-electron chi connectivity index (χ4n) is 1.92. The van der Waals surface area contributed by atoms with Crippen LogP contribution >= 0.6 is 0 Å². The van der Waals surface area contributed by atoms with Gasteiger partial charge < -0.3 is 15.2 Å². The minimum atomic E-state index is -0.406. The van der Waals surface area contributed by atoms with Crippen LogP contribution in [0, 0.1) is 5.92 Å². The van der Waals surface area contributed by atoms with Crippen molar-refractivity contribution in [2.45, 2.75) is 25.6 Å². The highest BCUT2D eigenvalue weighted by Crippen LogP contribution is 2.32. The van der Waals surface area contributed by atoms with Crippen LogP contribution in [0.3, 0.4) is 0 Å². The van der Waals surface area contributed by atoms with Gasteiger partial charge in [-0.2, -0.15) is 0 Å². The minimum absolute atomic E-state index is 0.146.